The monoisotopic (exact) mass is 336 g/mol. The lowest BCUT2D eigenvalue weighted by Gasteiger charge is -2.17. The molecule has 1 aromatic heterocycles. The minimum atomic E-state index is -0.899. The van der Waals surface area contributed by atoms with Gasteiger partial charge in [0.1, 0.15) is 11.5 Å². The van der Waals surface area contributed by atoms with Gasteiger partial charge in [-0.1, -0.05) is 12.8 Å². The summed E-state index contributed by atoms with van der Waals surface area (Å²) in [5.41, 5.74) is 0.846. The van der Waals surface area contributed by atoms with Gasteiger partial charge in [0.2, 0.25) is 0 Å². The predicted octanol–water partition coefficient (Wildman–Crippen LogP) is 2.80. The number of imide groups is 1. The number of thiol groups is 1. The van der Waals surface area contributed by atoms with Crippen LogP contribution in [0.2, 0.25) is 0 Å². The summed E-state index contributed by atoms with van der Waals surface area (Å²) >= 11 is 4.03. The Bertz CT molecular complexity index is 711. The smallest absolute Gasteiger partial charge is 0.415 e. The number of carbonyl (C=O) groups excluding carboxylic acids is 2. The van der Waals surface area contributed by atoms with Crippen molar-refractivity contribution in [2.75, 3.05) is 10.9 Å². The molecule has 0 bridgehead atoms. The molecule has 0 spiro atoms. The van der Waals surface area contributed by atoms with Crippen LogP contribution in [0.4, 0.5) is 19.8 Å². The quantitative estimate of drug-likeness (QED) is 0.842. The SMILES string of the molecule is CCOC(=O)NC(=O)N(S)c1nccnc1-c1ccc(F)cc1. The van der Waals surface area contributed by atoms with E-state index in [-0.39, 0.29) is 12.4 Å². The summed E-state index contributed by atoms with van der Waals surface area (Å²) in [6.07, 6.45) is 1.89. The highest BCUT2D eigenvalue weighted by Gasteiger charge is 2.21. The third kappa shape index (κ3) is 4.16. The fourth-order valence-corrected chi connectivity index (χ4v) is 1.90. The number of carbonyl (C=O) groups is 2. The fourth-order valence-electron chi connectivity index (χ4n) is 1.70. The van der Waals surface area contributed by atoms with E-state index >= 15 is 0 Å². The molecular weight excluding hydrogens is 323 g/mol. The van der Waals surface area contributed by atoms with Gasteiger partial charge in [0.15, 0.2) is 5.82 Å². The average Bonchev–Trinajstić information content (AvgIpc) is 2.55. The summed E-state index contributed by atoms with van der Waals surface area (Å²) in [7, 11) is 0. The molecule has 0 radical (unpaired) electrons. The lowest BCUT2D eigenvalue weighted by molar-refractivity contribution is 0.154. The summed E-state index contributed by atoms with van der Waals surface area (Å²) in [5.74, 6) is -0.314. The number of nitrogens with one attached hydrogen (secondary N) is 1. The van der Waals surface area contributed by atoms with Gasteiger partial charge in [0.25, 0.3) is 0 Å². The van der Waals surface area contributed by atoms with E-state index in [1.807, 2.05) is 5.32 Å². The number of benzene rings is 1. The standard InChI is InChI=1S/C14H13FN4O3S/c1-2-22-14(21)18-13(20)19(23)12-11(16-7-8-17-12)9-3-5-10(15)6-4-9/h3-8,23H,2H2,1H3,(H,18,20,21). The third-order valence-electron chi connectivity index (χ3n) is 2.67. The minimum absolute atomic E-state index is 0.0873. The number of hydrogen-bond acceptors (Lipinski definition) is 6. The van der Waals surface area contributed by atoms with E-state index in [2.05, 4.69) is 27.5 Å². The van der Waals surface area contributed by atoms with Gasteiger partial charge in [-0.05, 0) is 31.2 Å². The largest absolute Gasteiger partial charge is 0.450 e. The van der Waals surface area contributed by atoms with Crippen LogP contribution in [0.5, 0.6) is 0 Å². The summed E-state index contributed by atoms with van der Waals surface area (Å²) < 4.78 is 18.5. The van der Waals surface area contributed by atoms with Crippen LogP contribution in [0.25, 0.3) is 11.3 Å². The van der Waals surface area contributed by atoms with Crippen molar-refractivity contribution in [3.05, 3.63) is 42.5 Å². The van der Waals surface area contributed by atoms with Gasteiger partial charge in [-0.3, -0.25) is 4.98 Å². The van der Waals surface area contributed by atoms with Crippen LogP contribution in [-0.4, -0.2) is 28.7 Å². The lowest BCUT2D eigenvalue weighted by atomic mass is 10.1. The predicted molar refractivity (Wildman–Crippen MR) is 84.4 cm³/mol. The molecule has 120 valence electrons. The van der Waals surface area contributed by atoms with Crippen molar-refractivity contribution in [3.63, 3.8) is 0 Å². The maximum Gasteiger partial charge on any atom is 0.415 e. The van der Waals surface area contributed by atoms with Gasteiger partial charge in [-0.25, -0.2) is 28.6 Å². The first-order valence-corrected chi connectivity index (χ1v) is 6.96. The number of aromatic nitrogens is 2. The molecule has 0 aliphatic heterocycles. The molecular formula is C14H13FN4O3S. The topological polar surface area (TPSA) is 84.4 Å². The molecule has 3 amide bonds. The van der Waals surface area contributed by atoms with Gasteiger partial charge >= 0.3 is 12.1 Å². The zero-order chi connectivity index (χ0) is 16.8. The molecule has 0 fully saturated rings. The summed E-state index contributed by atoms with van der Waals surface area (Å²) in [5, 5.41) is 1.99. The molecule has 0 unspecified atom stereocenters. The van der Waals surface area contributed by atoms with Crippen molar-refractivity contribution >= 4 is 30.8 Å². The van der Waals surface area contributed by atoms with E-state index in [0.717, 1.165) is 4.31 Å². The second-order valence-corrected chi connectivity index (χ2v) is 4.60. The summed E-state index contributed by atoms with van der Waals surface area (Å²) in [4.78, 5) is 31.4. The van der Waals surface area contributed by atoms with E-state index in [0.29, 0.717) is 11.3 Å². The van der Waals surface area contributed by atoms with Crippen molar-refractivity contribution in [2.45, 2.75) is 6.92 Å². The number of hydrogen-bond donors (Lipinski definition) is 2. The Morgan fingerprint density at radius 3 is 2.57 bits per heavy atom. The number of rotatable bonds is 3. The molecule has 0 saturated heterocycles. The van der Waals surface area contributed by atoms with E-state index in [1.54, 1.807) is 6.92 Å². The summed E-state index contributed by atoms with van der Waals surface area (Å²) in [6.45, 7) is 1.73. The Hall–Kier alpha value is -2.68. The number of urea groups is 1. The molecule has 1 aromatic carbocycles. The number of amides is 3. The van der Waals surface area contributed by atoms with Gasteiger partial charge in [0.05, 0.1) is 6.61 Å². The Balaban J connectivity index is 2.27. The zero-order valence-corrected chi connectivity index (χ0v) is 13.0. The van der Waals surface area contributed by atoms with Gasteiger partial charge in [0, 0.05) is 18.0 Å². The van der Waals surface area contributed by atoms with Crippen LogP contribution in [0.3, 0.4) is 0 Å². The van der Waals surface area contributed by atoms with E-state index in [4.69, 9.17) is 0 Å². The highest BCUT2D eigenvalue weighted by atomic mass is 32.1. The maximum atomic E-state index is 13.0. The van der Waals surface area contributed by atoms with Crippen molar-refractivity contribution in [1.29, 1.82) is 0 Å². The average molecular weight is 336 g/mol. The molecule has 9 heteroatoms. The zero-order valence-electron chi connectivity index (χ0n) is 12.1. The van der Waals surface area contributed by atoms with Crippen LogP contribution < -0.4 is 9.62 Å². The van der Waals surface area contributed by atoms with E-state index in [1.165, 1.54) is 36.7 Å². The van der Waals surface area contributed by atoms with Crippen LogP contribution >= 0.6 is 12.8 Å². The Labute approximate surface area is 137 Å². The summed E-state index contributed by atoms with van der Waals surface area (Å²) in [6, 6.07) is 4.65. The molecule has 23 heavy (non-hydrogen) atoms. The second kappa shape index (κ2) is 7.54. The van der Waals surface area contributed by atoms with E-state index in [9.17, 15) is 14.0 Å². The van der Waals surface area contributed by atoms with Gasteiger partial charge in [-0.15, -0.1) is 0 Å². The Morgan fingerprint density at radius 1 is 1.26 bits per heavy atom. The molecule has 2 aromatic rings. The van der Waals surface area contributed by atoms with E-state index < -0.39 is 17.9 Å². The van der Waals surface area contributed by atoms with Gasteiger partial charge < -0.3 is 4.74 Å². The van der Waals surface area contributed by atoms with Crippen molar-refractivity contribution in [1.82, 2.24) is 15.3 Å². The number of nitrogens with zero attached hydrogens (tertiary/aromatic N) is 3. The van der Waals surface area contributed by atoms with Crippen LogP contribution in [-0.2, 0) is 4.74 Å². The fraction of sp³-hybridized carbons (Fsp3) is 0.143. The van der Waals surface area contributed by atoms with Gasteiger partial charge in [-0.2, -0.15) is 0 Å². The molecule has 1 N–H and O–H groups in total. The molecule has 0 aliphatic rings. The molecule has 0 atom stereocenters. The second-order valence-electron chi connectivity index (χ2n) is 4.20. The van der Waals surface area contributed by atoms with Crippen LogP contribution in [0.1, 0.15) is 6.92 Å². The normalized spacial score (nSPS) is 10.0. The minimum Gasteiger partial charge on any atom is -0.450 e. The van der Waals surface area contributed by atoms with Crippen LogP contribution in [0.15, 0.2) is 36.7 Å². The molecule has 0 saturated carbocycles. The Kier molecular flexibility index (Phi) is 5.47. The number of halogens is 1. The number of alkyl carbamates (subject to hydrolysis) is 1. The molecule has 7 nitrogen and oxygen atoms in total. The first-order valence-electron chi connectivity index (χ1n) is 6.56. The first kappa shape index (κ1) is 16.7. The highest BCUT2D eigenvalue weighted by molar-refractivity contribution is 7.82. The first-order chi connectivity index (χ1) is 11.0. The number of ether oxygens (including phenoxy) is 1. The highest BCUT2D eigenvalue weighted by Crippen LogP contribution is 2.27. The third-order valence-corrected chi connectivity index (χ3v) is 3.05. The van der Waals surface area contributed by atoms with Crippen molar-refractivity contribution in [3.8, 4) is 11.3 Å². The Morgan fingerprint density at radius 2 is 1.91 bits per heavy atom. The maximum absolute atomic E-state index is 13.0. The molecule has 2 rings (SSSR count). The van der Waals surface area contributed by atoms with Crippen molar-refractivity contribution < 1.29 is 18.7 Å². The lowest BCUT2D eigenvalue weighted by Crippen LogP contribution is -2.39. The van der Waals surface area contributed by atoms with Crippen LogP contribution in [0, 0.1) is 5.82 Å². The number of anilines is 1. The molecule has 1 heterocycles. The molecule has 0 aliphatic carbocycles. The van der Waals surface area contributed by atoms with Crippen molar-refractivity contribution in [2.24, 2.45) is 0 Å².